The zero-order chi connectivity index (χ0) is 18.7. The van der Waals surface area contributed by atoms with Crippen LogP contribution in [0.25, 0.3) is 0 Å². The number of hydrogen-bond donors (Lipinski definition) is 3. The molecule has 4 rings (SSSR count). The van der Waals surface area contributed by atoms with Gasteiger partial charge in [-0.05, 0) is 74.5 Å². The average molecular weight is 358 g/mol. The molecule has 0 heterocycles. The lowest BCUT2D eigenvalue weighted by Gasteiger charge is -2.58. The van der Waals surface area contributed by atoms with Crippen molar-refractivity contribution in [3.8, 4) is 11.8 Å². The summed E-state index contributed by atoms with van der Waals surface area (Å²) >= 11 is 0. The highest BCUT2D eigenvalue weighted by atomic mass is 16.4. The maximum atomic E-state index is 11.2. The van der Waals surface area contributed by atoms with Gasteiger partial charge in [0, 0.05) is 11.3 Å². The largest absolute Gasteiger partial charge is 0.472 e. The molecule has 0 amide bonds. The van der Waals surface area contributed by atoms with Gasteiger partial charge in [-0.1, -0.05) is 31.4 Å². The second kappa shape index (κ2) is 5.84. The minimum atomic E-state index is -1.19. The molecule has 3 N–H and O–H groups in total. The maximum absolute atomic E-state index is 11.2. The Balaban J connectivity index is 1.66. The summed E-state index contributed by atoms with van der Waals surface area (Å²) in [5, 5.41) is 30.2. The Labute approximate surface area is 155 Å². The topological polar surface area (TPSA) is 77.8 Å². The van der Waals surface area contributed by atoms with Gasteiger partial charge < -0.3 is 15.3 Å². The van der Waals surface area contributed by atoms with Crippen LogP contribution in [0.3, 0.4) is 0 Å². The van der Waals surface area contributed by atoms with Gasteiger partial charge in [-0.2, -0.15) is 0 Å². The van der Waals surface area contributed by atoms with E-state index < -0.39 is 11.6 Å². The van der Waals surface area contributed by atoms with Crippen LogP contribution in [-0.2, 0) is 4.79 Å². The van der Waals surface area contributed by atoms with Crippen molar-refractivity contribution in [1.29, 1.82) is 0 Å². The number of aliphatic carboxylic acids is 1. The summed E-state index contributed by atoms with van der Waals surface area (Å²) in [6.07, 6.45) is 9.39. The van der Waals surface area contributed by atoms with E-state index in [0.29, 0.717) is 24.2 Å². The molecule has 4 nitrogen and oxygen atoms in total. The van der Waals surface area contributed by atoms with Gasteiger partial charge >= 0.3 is 5.97 Å². The van der Waals surface area contributed by atoms with Crippen molar-refractivity contribution < 1.29 is 20.1 Å². The zero-order valence-corrected chi connectivity index (χ0v) is 15.8. The van der Waals surface area contributed by atoms with Crippen LogP contribution in [0, 0.1) is 40.4 Å². The van der Waals surface area contributed by atoms with Crippen LogP contribution in [0.2, 0.25) is 0 Å². The fourth-order valence-corrected chi connectivity index (χ4v) is 7.02. The van der Waals surface area contributed by atoms with Crippen molar-refractivity contribution in [2.75, 3.05) is 0 Å². The Bertz CT molecular complexity index is 715. The summed E-state index contributed by atoms with van der Waals surface area (Å²) in [6, 6.07) is 0. The third kappa shape index (κ3) is 2.40. The molecule has 0 spiro atoms. The fourth-order valence-electron chi connectivity index (χ4n) is 7.02. The number of carboxylic acids is 1. The number of fused-ring (bicyclic) bond motifs is 5. The Morgan fingerprint density at radius 2 is 1.88 bits per heavy atom. The van der Waals surface area contributed by atoms with E-state index in [-0.39, 0.29) is 16.9 Å². The fraction of sp³-hybridized carbons (Fsp3) is 0.773. The van der Waals surface area contributed by atoms with Crippen LogP contribution < -0.4 is 0 Å². The molecule has 0 aromatic rings. The van der Waals surface area contributed by atoms with Crippen molar-refractivity contribution in [1.82, 2.24) is 0 Å². The predicted molar refractivity (Wildman–Crippen MR) is 98.1 cm³/mol. The van der Waals surface area contributed by atoms with Gasteiger partial charge in [-0.25, -0.2) is 4.79 Å². The number of carboxylic acid groups (broad SMARTS) is 1. The standard InChI is InChI=1S/C22H30O4/c1-20-9-5-15(23)13-14(20)3-4-16-17(20)6-10-21(2)18(16)7-11-22(21,26)12-8-19(24)25/h3,15-18,23,26H,4-7,9-11,13H2,1-2H3,(H,24,25)/t15-,16-,17+,18+,20+,21+,22-/m1/s1. The third-order valence-corrected chi connectivity index (χ3v) is 8.61. The predicted octanol–water partition coefficient (Wildman–Crippen LogP) is 3.13. The van der Waals surface area contributed by atoms with E-state index in [1.807, 2.05) is 0 Å². The summed E-state index contributed by atoms with van der Waals surface area (Å²) in [6.45, 7) is 4.51. The highest BCUT2D eigenvalue weighted by Crippen LogP contribution is 2.67. The van der Waals surface area contributed by atoms with Gasteiger partial charge in [0.1, 0.15) is 5.60 Å². The van der Waals surface area contributed by atoms with Crippen LogP contribution in [0.4, 0.5) is 0 Å². The first-order valence-corrected chi connectivity index (χ1v) is 10.1. The molecule has 0 aromatic heterocycles. The lowest BCUT2D eigenvalue weighted by atomic mass is 9.47. The monoisotopic (exact) mass is 358 g/mol. The molecule has 0 bridgehead atoms. The first-order valence-electron chi connectivity index (χ1n) is 10.1. The van der Waals surface area contributed by atoms with Crippen LogP contribution in [0.1, 0.15) is 65.2 Å². The summed E-state index contributed by atoms with van der Waals surface area (Å²) in [5.74, 6) is 5.26. The molecular formula is C22H30O4. The van der Waals surface area contributed by atoms with E-state index in [2.05, 4.69) is 31.8 Å². The van der Waals surface area contributed by atoms with Crippen LogP contribution in [0.5, 0.6) is 0 Å². The normalized spacial score (nSPS) is 49.8. The zero-order valence-electron chi connectivity index (χ0n) is 15.8. The second-order valence-electron chi connectivity index (χ2n) is 9.57. The number of rotatable bonds is 0. The molecule has 4 heteroatoms. The van der Waals surface area contributed by atoms with Gasteiger partial charge in [0.15, 0.2) is 0 Å². The number of hydrogen-bond acceptors (Lipinski definition) is 3. The molecule has 142 valence electrons. The first kappa shape index (κ1) is 18.1. The molecule has 26 heavy (non-hydrogen) atoms. The van der Waals surface area contributed by atoms with Crippen LogP contribution >= 0.6 is 0 Å². The minimum absolute atomic E-state index is 0.178. The summed E-state index contributed by atoms with van der Waals surface area (Å²) in [5.41, 5.74) is 0.109. The van der Waals surface area contributed by atoms with E-state index in [1.165, 1.54) is 5.57 Å². The summed E-state index contributed by atoms with van der Waals surface area (Å²) in [7, 11) is 0. The van der Waals surface area contributed by atoms with E-state index in [4.69, 9.17) is 5.11 Å². The molecule has 0 unspecified atom stereocenters. The Hall–Kier alpha value is -1.31. The molecule has 0 aromatic carbocycles. The quantitative estimate of drug-likeness (QED) is 0.459. The number of allylic oxidation sites excluding steroid dienone is 1. The Morgan fingerprint density at radius 1 is 1.15 bits per heavy atom. The molecule has 7 atom stereocenters. The molecule has 3 saturated carbocycles. The van der Waals surface area contributed by atoms with Gasteiger partial charge in [0.2, 0.25) is 0 Å². The van der Waals surface area contributed by atoms with E-state index in [0.717, 1.165) is 44.9 Å². The molecule has 0 aliphatic heterocycles. The van der Waals surface area contributed by atoms with Crippen molar-refractivity contribution in [2.24, 2.45) is 28.6 Å². The van der Waals surface area contributed by atoms with Crippen LogP contribution in [-0.4, -0.2) is 33.0 Å². The first-order chi connectivity index (χ1) is 12.2. The van der Waals surface area contributed by atoms with E-state index >= 15 is 0 Å². The van der Waals surface area contributed by atoms with Crippen molar-refractivity contribution in [3.05, 3.63) is 11.6 Å². The summed E-state index contributed by atoms with van der Waals surface area (Å²) < 4.78 is 0. The average Bonchev–Trinajstić information content (AvgIpc) is 2.86. The highest BCUT2D eigenvalue weighted by molar-refractivity contribution is 5.86. The highest BCUT2D eigenvalue weighted by Gasteiger charge is 2.63. The van der Waals surface area contributed by atoms with E-state index in [9.17, 15) is 15.0 Å². The second-order valence-corrected chi connectivity index (χ2v) is 9.57. The van der Waals surface area contributed by atoms with Crippen molar-refractivity contribution >= 4 is 5.97 Å². The Morgan fingerprint density at radius 3 is 2.62 bits per heavy atom. The lowest BCUT2D eigenvalue weighted by Crippen LogP contribution is -2.54. The van der Waals surface area contributed by atoms with Crippen molar-refractivity contribution in [3.63, 3.8) is 0 Å². The Kier molecular flexibility index (Phi) is 4.06. The van der Waals surface area contributed by atoms with Gasteiger partial charge in [0.05, 0.1) is 6.10 Å². The molecule has 0 saturated heterocycles. The maximum Gasteiger partial charge on any atom is 0.382 e. The molecular weight excluding hydrogens is 328 g/mol. The number of aliphatic hydroxyl groups is 2. The number of carbonyl (C=O) groups is 1. The van der Waals surface area contributed by atoms with Gasteiger partial charge in [-0.15, -0.1) is 0 Å². The third-order valence-electron chi connectivity index (χ3n) is 8.61. The smallest absolute Gasteiger partial charge is 0.382 e. The molecule has 3 fully saturated rings. The number of aliphatic hydroxyl groups excluding tert-OH is 1. The van der Waals surface area contributed by atoms with Gasteiger partial charge in [0.25, 0.3) is 0 Å². The SMILES string of the molecule is C[C@]12CC[C@@H](O)CC1=CC[C@@H]1[C@@H]2CC[C@@]2(C)[C@H]1CC[C@@]2(O)C#CC(=O)O. The van der Waals surface area contributed by atoms with E-state index in [1.54, 1.807) is 0 Å². The lowest BCUT2D eigenvalue weighted by molar-refractivity contribution is -0.130. The summed E-state index contributed by atoms with van der Waals surface area (Å²) in [4.78, 5) is 10.9. The molecule has 4 aliphatic rings. The van der Waals surface area contributed by atoms with Crippen molar-refractivity contribution in [2.45, 2.75) is 76.9 Å². The van der Waals surface area contributed by atoms with Gasteiger partial charge in [-0.3, -0.25) is 0 Å². The molecule has 0 radical (unpaired) electrons. The minimum Gasteiger partial charge on any atom is -0.472 e. The van der Waals surface area contributed by atoms with Crippen LogP contribution in [0.15, 0.2) is 11.6 Å². The molecule has 4 aliphatic carbocycles.